The van der Waals surface area contributed by atoms with Gasteiger partial charge in [0.2, 0.25) is 6.10 Å². The van der Waals surface area contributed by atoms with Crippen LogP contribution in [0, 0.1) is 6.92 Å². The van der Waals surface area contributed by atoms with Gasteiger partial charge >= 0.3 is 0 Å². The number of pyridine rings is 1. The maximum absolute atomic E-state index is 12.5. The molecule has 1 saturated carbocycles. The summed E-state index contributed by atoms with van der Waals surface area (Å²) in [6.07, 6.45) is 4.92. The molecule has 142 valence electrons. The van der Waals surface area contributed by atoms with Crippen molar-refractivity contribution in [3.8, 4) is 17.2 Å². The maximum Gasteiger partial charge on any atom is 0.264 e. The number of aryl methyl sites for hydroxylation is 1. The summed E-state index contributed by atoms with van der Waals surface area (Å²) in [7, 11) is 0. The lowest BCUT2D eigenvalue weighted by Gasteiger charge is -2.31. The van der Waals surface area contributed by atoms with Crippen molar-refractivity contribution in [2.45, 2.75) is 50.9 Å². The zero-order valence-electron chi connectivity index (χ0n) is 15.4. The van der Waals surface area contributed by atoms with Crippen LogP contribution in [0.1, 0.15) is 31.4 Å². The fourth-order valence-electron chi connectivity index (χ4n) is 3.54. The monoisotopic (exact) mass is 368 g/mol. The van der Waals surface area contributed by atoms with Crippen LogP contribution >= 0.6 is 0 Å². The van der Waals surface area contributed by atoms with Gasteiger partial charge in [-0.1, -0.05) is 12.1 Å². The molecule has 1 aromatic carbocycles. The van der Waals surface area contributed by atoms with Crippen LogP contribution in [0.15, 0.2) is 42.6 Å². The highest BCUT2D eigenvalue weighted by molar-refractivity contribution is 5.82. The van der Waals surface area contributed by atoms with Crippen LogP contribution in [0.4, 0.5) is 0 Å². The number of para-hydroxylation sites is 2. The molecule has 1 amide bonds. The van der Waals surface area contributed by atoms with Crippen molar-refractivity contribution >= 4 is 5.91 Å². The van der Waals surface area contributed by atoms with Crippen LogP contribution in [-0.4, -0.2) is 35.7 Å². The highest BCUT2D eigenvalue weighted by atomic mass is 16.6. The van der Waals surface area contributed by atoms with Crippen molar-refractivity contribution < 1.29 is 19.0 Å². The Hall–Kier alpha value is -2.76. The predicted molar refractivity (Wildman–Crippen MR) is 100 cm³/mol. The van der Waals surface area contributed by atoms with Crippen molar-refractivity contribution in [1.82, 2.24) is 10.3 Å². The van der Waals surface area contributed by atoms with Crippen molar-refractivity contribution in [2.75, 3.05) is 6.61 Å². The summed E-state index contributed by atoms with van der Waals surface area (Å²) in [6, 6.07) is 11.4. The number of amides is 1. The highest BCUT2D eigenvalue weighted by Crippen LogP contribution is 2.31. The number of hydrogen-bond donors (Lipinski definition) is 1. The van der Waals surface area contributed by atoms with E-state index < -0.39 is 6.10 Å². The van der Waals surface area contributed by atoms with E-state index in [0.29, 0.717) is 11.5 Å². The third kappa shape index (κ3) is 4.15. The van der Waals surface area contributed by atoms with Crippen LogP contribution in [0.5, 0.6) is 17.2 Å². The third-order valence-electron chi connectivity index (χ3n) is 5.07. The summed E-state index contributed by atoms with van der Waals surface area (Å²) < 4.78 is 17.5. The summed E-state index contributed by atoms with van der Waals surface area (Å²) in [5.41, 5.74) is 0.905. The zero-order valence-corrected chi connectivity index (χ0v) is 15.4. The predicted octanol–water partition coefficient (Wildman–Crippen LogP) is 3.04. The van der Waals surface area contributed by atoms with Gasteiger partial charge in [0.05, 0.1) is 11.8 Å². The first-order valence-corrected chi connectivity index (χ1v) is 9.46. The molecule has 1 aromatic heterocycles. The second kappa shape index (κ2) is 7.86. The van der Waals surface area contributed by atoms with E-state index in [9.17, 15) is 4.79 Å². The second-order valence-electron chi connectivity index (χ2n) is 7.05. The lowest BCUT2D eigenvalue weighted by molar-refractivity contribution is -0.131. The van der Waals surface area contributed by atoms with E-state index in [4.69, 9.17) is 14.2 Å². The SMILES string of the molecule is Cc1ncccc1OC1CCC(NC(=O)C2COc3ccccc3O2)CC1. The van der Waals surface area contributed by atoms with Crippen LogP contribution in [0.3, 0.4) is 0 Å². The summed E-state index contributed by atoms with van der Waals surface area (Å²) in [5, 5.41) is 3.10. The average molecular weight is 368 g/mol. The van der Waals surface area contributed by atoms with Gasteiger partial charge in [-0.05, 0) is 56.9 Å². The van der Waals surface area contributed by atoms with Crippen LogP contribution in [0.25, 0.3) is 0 Å². The second-order valence-corrected chi connectivity index (χ2v) is 7.05. The topological polar surface area (TPSA) is 69.7 Å². The minimum Gasteiger partial charge on any atom is -0.489 e. The van der Waals surface area contributed by atoms with E-state index in [0.717, 1.165) is 37.1 Å². The van der Waals surface area contributed by atoms with E-state index in [-0.39, 0.29) is 24.7 Å². The molecule has 1 aliphatic carbocycles. The highest BCUT2D eigenvalue weighted by Gasteiger charge is 2.30. The Balaban J connectivity index is 1.26. The molecule has 1 aliphatic heterocycles. The van der Waals surface area contributed by atoms with Gasteiger partial charge < -0.3 is 19.5 Å². The number of rotatable bonds is 4. The van der Waals surface area contributed by atoms with Crippen molar-refractivity contribution in [3.63, 3.8) is 0 Å². The van der Waals surface area contributed by atoms with Gasteiger partial charge in [-0.3, -0.25) is 9.78 Å². The summed E-state index contributed by atoms with van der Waals surface area (Å²) in [4.78, 5) is 16.8. The third-order valence-corrected chi connectivity index (χ3v) is 5.07. The van der Waals surface area contributed by atoms with Crippen LogP contribution in [0.2, 0.25) is 0 Å². The Kier molecular flexibility index (Phi) is 5.14. The molecular formula is C21H24N2O4. The first-order valence-electron chi connectivity index (χ1n) is 9.46. The Morgan fingerprint density at radius 2 is 1.89 bits per heavy atom. The van der Waals surface area contributed by atoms with E-state index in [1.807, 2.05) is 43.3 Å². The number of ether oxygens (including phenoxy) is 3. The summed E-state index contributed by atoms with van der Waals surface area (Å²) in [6.45, 7) is 2.19. The molecule has 1 fully saturated rings. The number of nitrogens with one attached hydrogen (secondary N) is 1. The number of benzene rings is 1. The Labute approximate surface area is 158 Å². The number of carbonyl (C=O) groups excluding carboxylic acids is 1. The van der Waals surface area contributed by atoms with Crippen molar-refractivity contribution in [3.05, 3.63) is 48.3 Å². The van der Waals surface area contributed by atoms with Gasteiger partial charge in [-0.2, -0.15) is 0 Å². The molecule has 6 nitrogen and oxygen atoms in total. The lowest BCUT2D eigenvalue weighted by Crippen LogP contribution is -2.49. The number of aromatic nitrogens is 1. The largest absolute Gasteiger partial charge is 0.489 e. The van der Waals surface area contributed by atoms with Crippen LogP contribution < -0.4 is 19.5 Å². The molecule has 0 spiro atoms. The first-order chi connectivity index (χ1) is 13.2. The molecule has 2 heterocycles. The van der Waals surface area contributed by atoms with Crippen molar-refractivity contribution in [2.24, 2.45) is 0 Å². The zero-order chi connectivity index (χ0) is 18.6. The number of fused-ring (bicyclic) bond motifs is 1. The Morgan fingerprint density at radius 3 is 2.67 bits per heavy atom. The molecule has 1 unspecified atom stereocenters. The number of nitrogens with zero attached hydrogens (tertiary/aromatic N) is 1. The normalized spacial score (nSPS) is 24.1. The fourth-order valence-corrected chi connectivity index (χ4v) is 3.54. The van der Waals surface area contributed by atoms with E-state index in [1.165, 1.54) is 0 Å². The first kappa shape index (κ1) is 17.6. The summed E-state index contributed by atoms with van der Waals surface area (Å²) >= 11 is 0. The minimum absolute atomic E-state index is 0.114. The van der Waals surface area contributed by atoms with Gasteiger partial charge in [-0.25, -0.2) is 0 Å². The van der Waals surface area contributed by atoms with E-state index in [2.05, 4.69) is 10.3 Å². The molecule has 2 aromatic rings. The lowest BCUT2D eigenvalue weighted by atomic mass is 9.92. The molecule has 6 heteroatoms. The fraction of sp³-hybridized carbons (Fsp3) is 0.429. The molecule has 0 bridgehead atoms. The van der Waals surface area contributed by atoms with Crippen LogP contribution in [-0.2, 0) is 4.79 Å². The molecule has 27 heavy (non-hydrogen) atoms. The van der Waals surface area contributed by atoms with Crippen molar-refractivity contribution in [1.29, 1.82) is 0 Å². The van der Waals surface area contributed by atoms with Gasteiger partial charge in [-0.15, -0.1) is 0 Å². The molecule has 4 rings (SSSR count). The molecular weight excluding hydrogens is 344 g/mol. The Morgan fingerprint density at radius 1 is 1.11 bits per heavy atom. The van der Waals surface area contributed by atoms with Gasteiger partial charge in [0.15, 0.2) is 11.5 Å². The van der Waals surface area contributed by atoms with E-state index >= 15 is 0 Å². The smallest absolute Gasteiger partial charge is 0.264 e. The Bertz CT molecular complexity index is 802. The average Bonchev–Trinajstić information content (AvgIpc) is 2.71. The quantitative estimate of drug-likeness (QED) is 0.898. The molecule has 2 aliphatic rings. The maximum atomic E-state index is 12.5. The molecule has 1 N–H and O–H groups in total. The minimum atomic E-state index is -0.605. The molecule has 0 saturated heterocycles. The van der Waals surface area contributed by atoms with Gasteiger partial charge in [0.25, 0.3) is 5.91 Å². The number of carbonyl (C=O) groups is 1. The standard InChI is InChI=1S/C21H24N2O4/c1-14-17(7-4-12-22-14)26-16-10-8-15(9-11-16)23-21(24)20-13-25-18-5-2-3-6-19(18)27-20/h2-7,12,15-16,20H,8-11,13H2,1H3,(H,23,24). The van der Waals surface area contributed by atoms with Gasteiger partial charge in [0, 0.05) is 12.2 Å². The molecule has 1 atom stereocenters. The summed E-state index contributed by atoms with van der Waals surface area (Å²) in [5.74, 6) is 2.03. The number of hydrogen-bond acceptors (Lipinski definition) is 5. The molecule has 0 radical (unpaired) electrons. The van der Waals surface area contributed by atoms with Gasteiger partial charge in [0.1, 0.15) is 12.4 Å². The van der Waals surface area contributed by atoms with E-state index in [1.54, 1.807) is 6.20 Å².